The molecule has 2 heterocycles. The number of piperidine rings is 1. The Morgan fingerprint density at radius 2 is 1.81 bits per heavy atom. The predicted octanol–water partition coefficient (Wildman–Crippen LogP) is 3.71. The molecule has 1 atom stereocenters. The van der Waals surface area contributed by atoms with Crippen LogP contribution in [0.5, 0.6) is 0 Å². The van der Waals surface area contributed by atoms with E-state index in [-0.39, 0.29) is 24.4 Å². The third-order valence-corrected chi connectivity index (χ3v) is 6.24. The molecule has 3 aromatic rings. The molecule has 0 saturated carbocycles. The first-order valence-electron chi connectivity index (χ1n) is 11.0. The summed E-state index contributed by atoms with van der Waals surface area (Å²) < 4.78 is 1.91. The number of hydrogen-bond donors (Lipinski definition) is 2. The molecule has 1 aliphatic heterocycles. The molecule has 168 valence electrons. The number of hydrogen-bond acceptors (Lipinski definition) is 3. The SMILES string of the molecule is CN(C)C(=O)Cn1ccc2cc(NC(=O)N3CCC(C(O)c4ccccc4)CC3)ccc21. The smallest absolute Gasteiger partial charge is 0.321 e. The summed E-state index contributed by atoms with van der Waals surface area (Å²) in [5.74, 6) is 0.183. The quantitative estimate of drug-likeness (QED) is 0.643. The van der Waals surface area contributed by atoms with Gasteiger partial charge in [-0.25, -0.2) is 4.79 Å². The number of carbonyl (C=O) groups is 2. The van der Waals surface area contributed by atoms with E-state index < -0.39 is 6.10 Å². The molecule has 0 aliphatic carbocycles. The van der Waals surface area contributed by atoms with E-state index in [1.54, 1.807) is 23.9 Å². The molecular weight excluding hydrogens is 404 g/mol. The molecule has 2 N–H and O–H groups in total. The van der Waals surface area contributed by atoms with E-state index >= 15 is 0 Å². The van der Waals surface area contributed by atoms with E-state index in [0.717, 1.165) is 35.0 Å². The lowest BCUT2D eigenvalue weighted by molar-refractivity contribution is -0.129. The average Bonchev–Trinajstić information content (AvgIpc) is 3.21. The van der Waals surface area contributed by atoms with E-state index in [1.165, 1.54) is 0 Å². The topological polar surface area (TPSA) is 77.8 Å². The number of rotatable bonds is 5. The number of aliphatic hydroxyl groups is 1. The Morgan fingerprint density at radius 1 is 1.09 bits per heavy atom. The Morgan fingerprint density at radius 3 is 2.50 bits per heavy atom. The molecule has 0 bridgehead atoms. The molecule has 3 amide bonds. The van der Waals surface area contributed by atoms with Gasteiger partial charge in [-0.15, -0.1) is 0 Å². The molecule has 2 aromatic carbocycles. The molecule has 1 saturated heterocycles. The van der Waals surface area contributed by atoms with Gasteiger partial charge in [0.25, 0.3) is 0 Å². The van der Waals surface area contributed by atoms with Gasteiger partial charge >= 0.3 is 6.03 Å². The Hall–Kier alpha value is -3.32. The third-order valence-electron chi connectivity index (χ3n) is 6.24. The van der Waals surface area contributed by atoms with Crippen LogP contribution in [-0.2, 0) is 11.3 Å². The van der Waals surface area contributed by atoms with E-state index in [1.807, 2.05) is 65.4 Å². The second kappa shape index (κ2) is 9.44. The maximum Gasteiger partial charge on any atom is 0.321 e. The van der Waals surface area contributed by atoms with Gasteiger partial charge < -0.3 is 24.8 Å². The minimum Gasteiger partial charge on any atom is -0.388 e. The number of benzene rings is 2. The van der Waals surface area contributed by atoms with Crippen LogP contribution in [0.1, 0.15) is 24.5 Å². The third kappa shape index (κ3) is 4.78. The number of nitrogens with zero attached hydrogens (tertiary/aromatic N) is 3. The summed E-state index contributed by atoms with van der Waals surface area (Å²) in [7, 11) is 3.49. The van der Waals surface area contributed by atoms with Crippen LogP contribution >= 0.6 is 0 Å². The number of anilines is 1. The van der Waals surface area contributed by atoms with Crippen LogP contribution in [-0.4, -0.2) is 58.6 Å². The number of aromatic nitrogens is 1. The Kier molecular flexibility index (Phi) is 6.46. The largest absolute Gasteiger partial charge is 0.388 e. The van der Waals surface area contributed by atoms with E-state index in [4.69, 9.17) is 0 Å². The Labute approximate surface area is 188 Å². The van der Waals surface area contributed by atoms with Crippen LogP contribution in [0.25, 0.3) is 10.9 Å². The molecule has 1 unspecified atom stereocenters. The summed E-state index contributed by atoms with van der Waals surface area (Å²) in [5, 5.41) is 14.6. The minimum absolute atomic E-state index is 0.0284. The van der Waals surface area contributed by atoms with Gasteiger partial charge in [0.1, 0.15) is 6.54 Å². The van der Waals surface area contributed by atoms with Gasteiger partial charge in [-0.1, -0.05) is 30.3 Å². The lowest BCUT2D eigenvalue weighted by Crippen LogP contribution is -2.42. The highest BCUT2D eigenvalue weighted by molar-refractivity contribution is 5.93. The highest BCUT2D eigenvalue weighted by Gasteiger charge is 2.28. The number of aliphatic hydroxyl groups excluding tert-OH is 1. The molecule has 1 aliphatic rings. The van der Waals surface area contributed by atoms with Gasteiger partial charge in [0.15, 0.2) is 0 Å². The van der Waals surface area contributed by atoms with Gasteiger partial charge in [0, 0.05) is 50.0 Å². The van der Waals surface area contributed by atoms with E-state index in [9.17, 15) is 14.7 Å². The summed E-state index contributed by atoms with van der Waals surface area (Å²) in [4.78, 5) is 28.2. The van der Waals surface area contributed by atoms with Crippen molar-refractivity contribution in [3.05, 3.63) is 66.4 Å². The number of amides is 3. The van der Waals surface area contributed by atoms with Crippen molar-refractivity contribution >= 4 is 28.5 Å². The zero-order valence-electron chi connectivity index (χ0n) is 18.6. The molecule has 0 spiro atoms. The number of likely N-dealkylation sites (tertiary alicyclic amines) is 1. The van der Waals surface area contributed by atoms with Crippen LogP contribution < -0.4 is 5.32 Å². The van der Waals surface area contributed by atoms with Crippen LogP contribution in [0, 0.1) is 5.92 Å². The first kappa shape index (κ1) is 21.9. The zero-order chi connectivity index (χ0) is 22.7. The summed E-state index contributed by atoms with van der Waals surface area (Å²) in [6.07, 6.45) is 2.93. The van der Waals surface area contributed by atoms with Gasteiger partial charge in [-0.3, -0.25) is 4.79 Å². The van der Waals surface area contributed by atoms with Crippen molar-refractivity contribution in [2.24, 2.45) is 5.92 Å². The second-order valence-electron chi connectivity index (χ2n) is 8.62. The maximum absolute atomic E-state index is 12.8. The molecule has 4 rings (SSSR count). The highest BCUT2D eigenvalue weighted by Crippen LogP contribution is 2.31. The molecule has 7 heteroatoms. The van der Waals surface area contributed by atoms with Crippen LogP contribution in [0.2, 0.25) is 0 Å². The first-order valence-corrected chi connectivity index (χ1v) is 11.0. The number of likely N-dealkylation sites (N-methyl/N-ethyl adjacent to an activating group) is 1. The maximum atomic E-state index is 12.8. The summed E-state index contributed by atoms with van der Waals surface area (Å²) in [6.45, 7) is 1.52. The van der Waals surface area contributed by atoms with Crippen molar-refractivity contribution in [1.29, 1.82) is 0 Å². The fraction of sp³-hybridized carbons (Fsp3) is 0.360. The van der Waals surface area contributed by atoms with Gasteiger partial charge in [-0.2, -0.15) is 0 Å². The number of nitrogens with one attached hydrogen (secondary N) is 1. The van der Waals surface area contributed by atoms with Crippen LogP contribution in [0.15, 0.2) is 60.8 Å². The standard InChI is InChI=1S/C25H30N4O3/c1-27(2)23(30)17-29-15-12-20-16-21(8-9-22(20)29)26-25(32)28-13-10-19(11-14-28)24(31)18-6-4-3-5-7-18/h3-9,12,15-16,19,24,31H,10-11,13-14,17H2,1-2H3,(H,26,32). The van der Waals surface area contributed by atoms with Crippen molar-refractivity contribution in [1.82, 2.24) is 14.4 Å². The minimum atomic E-state index is -0.493. The fourth-order valence-corrected chi connectivity index (χ4v) is 4.25. The van der Waals surface area contributed by atoms with Crippen molar-refractivity contribution in [3.8, 4) is 0 Å². The molecular formula is C25H30N4O3. The molecule has 32 heavy (non-hydrogen) atoms. The highest BCUT2D eigenvalue weighted by atomic mass is 16.3. The zero-order valence-corrected chi connectivity index (χ0v) is 18.6. The molecule has 0 radical (unpaired) electrons. The van der Waals surface area contributed by atoms with Crippen molar-refractivity contribution < 1.29 is 14.7 Å². The lowest BCUT2D eigenvalue weighted by Gasteiger charge is -2.34. The molecule has 7 nitrogen and oxygen atoms in total. The summed E-state index contributed by atoms with van der Waals surface area (Å²) >= 11 is 0. The lowest BCUT2D eigenvalue weighted by atomic mass is 9.87. The number of carbonyl (C=O) groups excluding carboxylic acids is 2. The van der Waals surface area contributed by atoms with E-state index in [0.29, 0.717) is 13.1 Å². The summed E-state index contributed by atoms with van der Waals surface area (Å²) in [5.41, 5.74) is 2.61. The van der Waals surface area contributed by atoms with Crippen molar-refractivity contribution in [2.75, 3.05) is 32.5 Å². The molecule has 1 fully saturated rings. The van der Waals surface area contributed by atoms with Crippen LogP contribution in [0.4, 0.5) is 10.5 Å². The summed E-state index contributed by atoms with van der Waals surface area (Å²) in [6, 6.07) is 17.3. The van der Waals surface area contributed by atoms with Gasteiger partial charge in [-0.05, 0) is 48.6 Å². The average molecular weight is 435 g/mol. The monoisotopic (exact) mass is 434 g/mol. The van der Waals surface area contributed by atoms with Gasteiger partial charge in [0.2, 0.25) is 5.91 Å². The second-order valence-corrected chi connectivity index (χ2v) is 8.62. The molecule has 1 aromatic heterocycles. The fourth-order valence-electron chi connectivity index (χ4n) is 4.25. The van der Waals surface area contributed by atoms with E-state index in [2.05, 4.69) is 5.32 Å². The van der Waals surface area contributed by atoms with Crippen molar-refractivity contribution in [2.45, 2.75) is 25.5 Å². The van der Waals surface area contributed by atoms with Gasteiger partial charge in [0.05, 0.1) is 6.10 Å². The Balaban J connectivity index is 1.34. The van der Waals surface area contributed by atoms with Crippen molar-refractivity contribution in [3.63, 3.8) is 0 Å². The Bertz CT molecular complexity index is 1090. The predicted molar refractivity (Wildman–Crippen MR) is 125 cm³/mol. The van der Waals surface area contributed by atoms with Crippen LogP contribution in [0.3, 0.4) is 0 Å². The first-order chi connectivity index (χ1) is 15.4. The number of fused-ring (bicyclic) bond motifs is 1. The number of urea groups is 1. The normalized spacial score (nSPS) is 15.5.